The maximum absolute atomic E-state index is 13.3. The van der Waals surface area contributed by atoms with E-state index in [9.17, 15) is 22.4 Å². The van der Waals surface area contributed by atoms with Crippen molar-refractivity contribution in [3.63, 3.8) is 0 Å². The second-order valence-corrected chi connectivity index (χ2v) is 6.90. The van der Waals surface area contributed by atoms with Gasteiger partial charge in [0.05, 0.1) is 17.7 Å². The number of benzene rings is 1. The normalized spacial score (nSPS) is 11.6. The standard InChI is InChI=1S/C21H30F4O2/c1-2-3-4-5-6-7-8-9-10-11-12-13-27-20(26)17-14-18(21(23,24)25)16-19(22)15-17/h14-16H,2-13H2,1H3. The largest absolute Gasteiger partial charge is 0.462 e. The van der Waals surface area contributed by atoms with E-state index in [1.807, 2.05) is 0 Å². The minimum atomic E-state index is -4.70. The third-order valence-corrected chi connectivity index (χ3v) is 4.44. The van der Waals surface area contributed by atoms with Crippen LogP contribution in [0.5, 0.6) is 0 Å². The zero-order chi connectivity index (χ0) is 20.1. The summed E-state index contributed by atoms with van der Waals surface area (Å²) >= 11 is 0. The van der Waals surface area contributed by atoms with Crippen molar-refractivity contribution in [2.45, 2.75) is 83.7 Å². The van der Waals surface area contributed by atoms with Gasteiger partial charge in [-0.2, -0.15) is 13.2 Å². The lowest BCUT2D eigenvalue weighted by Crippen LogP contribution is -2.11. The fraction of sp³-hybridized carbons (Fsp3) is 0.667. The van der Waals surface area contributed by atoms with Crippen LogP contribution in [0.2, 0.25) is 0 Å². The molecule has 0 saturated heterocycles. The molecule has 0 aromatic heterocycles. The third kappa shape index (κ3) is 10.4. The number of hydrogen-bond acceptors (Lipinski definition) is 2. The average molecular weight is 390 g/mol. The Morgan fingerprint density at radius 1 is 0.852 bits per heavy atom. The first-order chi connectivity index (χ1) is 12.8. The van der Waals surface area contributed by atoms with Gasteiger partial charge in [-0.25, -0.2) is 9.18 Å². The number of unbranched alkanes of at least 4 members (excludes halogenated alkanes) is 10. The molecule has 0 bridgehead atoms. The molecule has 6 heteroatoms. The Balaban J connectivity index is 2.15. The third-order valence-electron chi connectivity index (χ3n) is 4.44. The van der Waals surface area contributed by atoms with Gasteiger partial charge in [-0.15, -0.1) is 0 Å². The van der Waals surface area contributed by atoms with Gasteiger partial charge >= 0.3 is 12.1 Å². The Kier molecular flexibility index (Phi) is 11.1. The number of alkyl halides is 3. The molecule has 0 unspecified atom stereocenters. The highest BCUT2D eigenvalue weighted by molar-refractivity contribution is 5.89. The number of carbonyl (C=O) groups excluding carboxylic acids is 1. The second kappa shape index (κ2) is 12.7. The minimum absolute atomic E-state index is 0.133. The van der Waals surface area contributed by atoms with Crippen molar-refractivity contribution in [1.29, 1.82) is 0 Å². The van der Waals surface area contributed by atoms with Crippen LogP contribution in [-0.2, 0) is 10.9 Å². The first kappa shape index (κ1) is 23.4. The summed E-state index contributed by atoms with van der Waals surface area (Å²) in [6.45, 7) is 2.34. The average Bonchev–Trinajstić information content (AvgIpc) is 2.61. The summed E-state index contributed by atoms with van der Waals surface area (Å²) in [5.41, 5.74) is -1.60. The van der Waals surface area contributed by atoms with Gasteiger partial charge in [0.15, 0.2) is 0 Å². The van der Waals surface area contributed by atoms with E-state index >= 15 is 0 Å². The fourth-order valence-electron chi connectivity index (χ4n) is 2.89. The van der Waals surface area contributed by atoms with Crippen molar-refractivity contribution in [3.05, 3.63) is 35.1 Å². The first-order valence-corrected chi connectivity index (χ1v) is 9.89. The van der Waals surface area contributed by atoms with E-state index in [1.54, 1.807) is 0 Å². The summed E-state index contributed by atoms with van der Waals surface area (Å²) in [6.07, 6.45) is 7.97. The quantitative estimate of drug-likeness (QED) is 0.200. The number of carbonyl (C=O) groups is 1. The molecule has 0 fully saturated rings. The molecule has 0 aliphatic rings. The lowest BCUT2D eigenvalue weighted by Gasteiger charge is -2.09. The summed E-state index contributed by atoms with van der Waals surface area (Å²) in [6, 6.07) is 1.74. The van der Waals surface area contributed by atoms with E-state index in [0.717, 1.165) is 25.3 Å². The van der Waals surface area contributed by atoms with E-state index in [4.69, 9.17) is 4.74 Å². The smallest absolute Gasteiger partial charge is 0.416 e. The van der Waals surface area contributed by atoms with E-state index in [0.29, 0.717) is 18.6 Å². The molecular weight excluding hydrogens is 360 g/mol. The number of esters is 1. The Hall–Kier alpha value is -1.59. The van der Waals surface area contributed by atoms with E-state index in [-0.39, 0.29) is 6.61 Å². The maximum Gasteiger partial charge on any atom is 0.416 e. The van der Waals surface area contributed by atoms with Crippen LogP contribution < -0.4 is 0 Å². The number of hydrogen-bond donors (Lipinski definition) is 0. The van der Waals surface area contributed by atoms with Gasteiger partial charge in [-0.3, -0.25) is 0 Å². The van der Waals surface area contributed by atoms with Crippen molar-refractivity contribution in [3.8, 4) is 0 Å². The number of ether oxygens (including phenoxy) is 1. The predicted octanol–water partition coefficient (Wildman–Crippen LogP) is 7.31. The van der Waals surface area contributed by atoms with Gasteiger partial charge in [-0.05, 0) is 24.6 Å². The van der Waals surface area contributed by atoms with Gasteiger partial charge in [0.1, 0.15) is 5.82 Å². The molecule has 0 radical (unpaired) electrons. The summed E-state index contributed by atoms with van der Waals surface area (Å²) in [4.78, 5) is 11.8. The Morgan fingerprint density at radius 2 is 1.37 bits per heavy atom. The molecule has 0 atom stereocenters. The van der Waals surface area contributed by atoms with Gasteiger partial charge in [0.2, 0.25) is 0 Å². The van der Waals surface area contributed by atoms with Crippen LogP contribution >= 0.6 is 0 Å². The zero-order valence-corrected chi connectivity index (χ0v) is 16.0. The Morgan fingerprint density at radius 3 is 1.89 bits per heavy atom. The van der Waals surface area contributed by atoms with Crippen LogP contribution in [-0.4, -0.2) is 12.6 Å². The van der Waals surface area contributed by atoms with Crippen LogP contribution in [0.3, 0.4) is 0 Å². The van der Waals surface area contributed by atoms with Crippen LogP contribution in [0.1, 0.15) is 93.5 Å². The van der Waals surface area contributed by atoms with Crippen molar-refractivity contribution >= 4 is 5.97 Å². The number of rotatable bonds is 13. The van der Waals surface area contributed by atoms with E-state index < -0.39 is 29.1 Å². The molecule has 0 aliphatic carbocycles. The molecule has 2 nitrogen and oxygen atoms in total. The molecule has 0 heterocycles. The summed E-state index contributed by atoms with van der Waals surface area (Å²) < 4.78 is 56.2. The first-order valence-electron chi connectivity index (χ1n) is 9.89. The Bertz CT molecular complexity index is 556. The highest BCUT2D eigenvalue weighted by atomic mass is 19.4. The molecule has 1 rings (SSSR count). The van der Waals surface area contributed by atoms with Crippen molar-refractivity contribution in [2.24, 2.45) is 0 Å². The van der Waals surface area contributed by atoms with Gasteiger partial charge in [0, 0.05) is 0 Å². The monoisotopic (exact) mass is 390 g/mol. The molecule has 0 saturated carbocycles. The summed E-state index contributed by atoms with van der Waals surface area (Å²) in [5.74, 6) is -2.03. The highest BCUT2D eigenvalue weighted by Crippen LogP contribution is 2.30. The summed E-state index contributed by atoms with van der Waals surface area (Å²) in [5, 5.41) is 0. The lowest BCUT2D eigenvalue weighted by molar-refractivity contribution is -0.137. The topological polar surface area (TPSA) is 26.3 Å². The summed E-state index contributed by atoms with van der Waals surface area (Å²) in [7, 11) is 0. The molecule has 0 amide bonds. The van der Waals surface area contributed by atoms with Crippen LogP contribution in [0.15, 0.2) is 18.2 Å². The van der Waals surface area contributed by atoms with Gasteiger partial charge < -0.3 is 4.74 Å². The molecule has 0 aliphatic heterocycles. The molecule has 0 N–H and O–H groups in total. The maximum atomic E-state index is 13.3. The van der Waals surface area contributed by atoms with E-state index in [1.165, 1.54) is 44.9 Å². The fourth-order valence-corrected chi connectivity index (χ4v) is 2.89. The minimum Gasteiger partial charge on any atom is -0.462 e. The predicted molar refractivity (Wildman–Crippen MR) is 98.1 cm³/mol. The van der Waals surface area contributed by atoms with Crippen molar-refractivity contribution < 1.29 is 27.1 Å². The molecule has 0 spiro atoms. The Labute approximate surface area is 159 Å². The molecule has 1 aromatic rings. The zero-order valence-electron chi connectivity index (χ0n) is 16.0. The molecule has 1 aromatic carbocycles. The van der Waals surface area contributed by atoms with Crippen molar-refractivity contribution in [2.75, 3.05) is 6.61 Å². The SMILES string of the molecule is CCCCCCCCCCCCCOC(=O)c1cc(F)cc(C(F)(F)F)c1. The highest BCUT2D eigenvalue weighted by Gasteiger charge is 2.32. The van der Waals surface area contributed by atoms with E-state index in [2.05, 4.69) is 6.92 Å². The molecule has 27 heavy (non-hydrogen) atoms. The van der Waals surface area contributed by atoms with Crippen molar-refractivity contribution in [1.82, 2.24) is 0 Å². The van der Waals surface area contributed by atoms with Crippen LogP contribution in [0.4, 0.5) is 17.6 Å². The van der Waals surface area contributed by atoms with Crippen LogP contribution in [0.25, 0.3) is 0 Å². The van der Waals surface area contributed by atoms with Gasteiger partial charge in [0.25, 0.3) is 0 Å². The lowest BCUT2D eigenvalue weighted by atomic mass is 10.1. The molecule has 154 valence electrons. The van der Waals surface area contributed by atoms with Crippen LogP contribution in [0, 0.1) is 5.82 Å². The number of halogens is 4. The van der Waals surface area contributed by atoms with Gasteiger partial charge in [-0.1, -0.05) is 71.1 Å². The molecular formula is C21H30F4O2. The second-order valence-electron chi connectivity index (χ2n) is 6.90.